The molecule has 1 amide bonds. The molecule has 0 spiro atoms. The Morgan fingerprint density at radius 2 is 1.75 bits per heavy atom. The van der Waals surface area contributed by atoms with E-state index < -0.39 is 72.5 Å². The number of methoxy groups -OCH3 is 1. The molecule has 0 fully saturated rings. The number of carbonyl (C=O) groups excluding carboxylic acids is 5. The van der Waals surface area contributed by atoms with Crippen LogP contribution in [0.1, 0.15) is 27.7 Å². The maximum atomic E-state index is 12.1. The topological polar surface area (TPSA) is 192 Å². The Kier molecular flexibility index (Phi) is 9.96. The average molecular weight is 456 g/mol. The molecule has 1 rings (SSSR count). The zero-order chi connectivity index (χ0) is 24.4. The molecule has 14 heteroatoms. The summed E-state index contributed by atoms with van der Waals surface area (Å²) in [6.07, 6.45) is -3.19. The first-order valence-electron chi connectivity index (χ1n) is 9.26. The van der Waals surface area contributed by atoms with E-state index in [1.54, 1.807) is 0 Å². The molecule has 32 heavy (non-hydrogen) atoms. The van der Waals surface area contributed by atoms with E-state index in [4.69, 9.17) is 24.5 Å². The maximum absolute atomic E-state index is 12.1. The van der Waals surface area contributed by atoms with Crippen LogP contribution in [0.25, 0.3) is 10.4 Å². The van der Waals surface area contributed by atoms with E-state index in [-0.39, 0.29) is 0 Å². The summed E-state index contributed by atoms with van der Waals surface area (Å²) >= 11 is 0. The molecular weight excluding hydrogens is 432 g/mol. The summed E-state index contributed by atoms with van der Waals surface area (Å²) in [4.78, 5) is 61.4. The molecule has 0 aromatic carbocycles. The molecule has 1 aliphatic heterocycles. The molecule has 1 aliphatic rings. The van der Waals surface area contributed by atoms with Gasteiger partial charge in [-0.1, -0.05) is 5.11 Å². The SMILES string of the molecule is COC(=O)C1=C[C@@H](N=[N+]=[N-])[C@@H](NC(C)=O)[C@H]([C@@H](OC(C)=O)[C@@H](COC(C)=O)OC(C)=O)O1. The number of hydrogen-bond acceptors (Lipinski definition) is 11. The van der Waals surface area contributed by atoms with E-state index in [0.717, 1.165) is 34.0 Å². The van der Waals surface area contributed by atoms with Crippen molar-refractivity contribution in [1.29, 1.82) is 0 Å². The van der Waals surface area contributed by atoms with E-state index in [1.165, 1.54) is 6.92 Å². The van der Waals surface area contributed by atoms with Crippen molar-refractivity contribution in [2.24, 2.45) is 5.11 Å². The lowest BCUT2D eigenvalue weighted by atomic mass is 9.92. The van der Waals surface area contributed by atoms with E-state index in [2.05, 4.69) is 20.1 Å². The second-order valence-corrected chi connectivity index (χ2v) is 6.55. The molecule has 0 aromatic heterocycles. The van der Waals surface area contributed by atoms with Crippen molar-refractivity contribution in [3.63, 3.8) is 0 Å². The summed E-state index contributed by atoms with van der Waals surface area (Å²) in [6, 6.07) is -2.35. The summed E-state index contributed by atoms with van der Waals surface area (Å²) in [5.74, 6) is -4.27. The minimum Gasteiger partial charge on any atom is -0.477 e. The molecule has 14 nitrogen and oxygen atoms in total. The molecule has 1 heterocycles. The quantitative estimate of drug-likeness (QED) is 0.163. The van der Waals surface area contributed by atoms with Gasteiger partial charge < -0.3 is 29.0 Å². The lowest BCUT2D eigenvalue weighted by Crippen LogP contribution is -2.61. The third-order valence-corrected chi connectivity index (χ3v) is 4.01. The fourth-order valence-electron chi connectivity index (χ4n) is 2.92. The fourth-order valence-corrected chi connectivity index (χ4v) is 2.92. The highest BCUT2D eigenvalue weighted by Crippen LogP contribution is 2.28. The minimum absolute atomic E-state index is 0.400. The molecule has 0 radical (unpaired) electrons. The third kappa shape index (κ3) is 7.80. The van der Waals surface area contributed by atoms with Gasteiger partial charge >= 0.3 is 23.9 Å². The lowest BCUT2D eigenvalue weighted by molar-refractivity contribution is -0.187. The maximum Gasteiger partial charge on any atom is 0.372 e. The first kappa shape index (κ1) is 26.2. The largest absolute Gasteiger partial charge is 0.477 e. The van der Waals surface area contributed by atoms with Gasteiger partial charge in [-0.25, -0.2) is 4.79 Å². The summed E-state index contributed by atoms with van der Waals surface area (Å²) in [6.45, 7) is 3.87. The van der Waals surface area contributed by atoms with E-state index in [9.17, 15) is 24.0 Å². The normalized spacial score (nSPS) is 21.3. The average Bonchev–Trinajstić information content (AvgIpc) is 2.69. The monoisotopic (exact) mass is 456 g/mol. The molecule has 5 atom stereocenters. The predicted molar refractivity (Wildman–Crippen MR) is 103 cm³/mol. The summed E-state index contributed by atoms with van der Waals surface area (Å²) in [5, 5.41) is 6.07. The van der Waals surface area contributed by atoms with Crippen LogP contribution in [-0.2, 0) is 47.7 Å². The van der Waals surface area contributed by atoms with Crippen molar-refractivity contribution >= 4 is 29.8 Å². The number of azide groups is 1. The Bertz CT molecular complexity index is 836. The molecule has 0 aromatic rings. The van der Waals surface area contributed by atoms with Gasteiger partial charge in [0.15, 0.2) is 18.3 Å². The number of esters is 4. The van der Waals surface area contributed by atoms with Crippen molar-refractivity contribution in [1.82, 2.24) is 5.32 Å². The van der Waals surface area contributed by atoms with Crippen LogP contribution in [0.2, 0.25) is 0 Å². The van der Waals surface area contributed by atoms with Crippen molar-refractivity contribution in [3.8, 4) is 0 Å². The highest BCUT2D eigenvalue weighted by Gasteiger charge is 2.47. The highest BCUT2D eigenvalue weighted by molar-refractivity contribution is 5.86. The van der Waals surface area contributed by atoms with Gasteiger partial charge in [0.2, 0.25) is 11.7 Å². The second kappa shape index (κ2) is 12.2. The molecule has 0 aliphatic carbocycles. The van der Waals surface area contributed by atoms with Crippen LogP contribution >= 0.6 is 0 Å². The summed E-state index contributed by atoms with van der Waals surface area (Å²) in [5.41, 5.74) is 8.94. The van der Waals surface area contributed by atoms with Crippen LogP contribution in [0.4, 0.5) is 0 Å². The molecule has 0 bridgehead atoms. The molecular formula is C18H24N4O10. The second-order valence-electron chi connectivity index (χ2n) is 6.55. The van der Waals surface area contributed by atoms with Crippen molar-refractivity contribution in [3.05, 3.63) is 22.3 Å². The van der Waals surface area contributed by atoms with Crippen LogP contribution in [0.15, 0.2) is 16.9 Å². The Morgan fingerprint density at radius 3 is 2.22 bits per heavy atom. The lowest BCUT2D eigenvalue weighted by Gasteiger charge is -2.40. The number of hydrogen-bond donors (Lipinski definition) is 1. The van der Waals surface area contributed by atoms with Crippen molar-refractivity contribution in [2.75, 3.05) is 13.7 Å². The standard InChI is InChI=1S/C18H24N4O10/c1-8(23)20-15-12(21-22-19)6-13(18(27)28-5)32-17(15)16(31-11(4)26)14(30-10(3)25)7-29-9(2)24/h6,12,14-17H,7H2,1-5H3,(H,20,23)/t12-,14-,15-,16+,17-/m1/s1. The highest BCUT2D eigenvalue weighted by atomic mass is 16.6. The number of carbonyl (C=O) groups is 5. The Labute approximate surface area is 182 Å². The van der Waals surface area contributed by atoms with Gasteiger partial charge in [0, 0.05) is 32.6 Å². The fraction of sp³-hybridized carbons (Fsp3) is 0.611. The van der Waals surface area contributed by atoms with Crippen LogP contribution in [-0.4, -0.2) is 73.9 Å². The van der Waals surface area contributed by atoms with Crippen molar-refractivity contribution < 1.29 is 47.7 Å². The Hall–Kier alpha value is -3.80. The third-order valence-electron chi connectivity index (χ3n) is 4.01. The first-order valence-corrected chi connectivity index (χ1v) is 9.26. The number of ether oxygens (including phenoxy) is 5. The van der Waals surface area contributed by atoms with E-state index in [0.29, 0.717) is 0 Å². The zero-order valence-corrected chi connectivity index (χ0v) is 18.1. The molecule has 0 unspecified atom stereocenters. The van der Waals surface area contributed by atoms with Crippen LogP contribution in [0, 0.1) is 0 Å². The smallest absolute Gasteiger partial charge is 0.372 e. The molecule has 1 N–H and O–H groups in total. The van der Waals surface area contributed by atoms with E-state index >= 15 is 0 Å². The Balaban J connectivity index is 3.57. The number of rotatable bonds is 9. The summed E-state index contributed by atoms with van der Waals surface area (Å²) in [7, 11) is 1.08. The van der Waals surface area contributed by atoms with Gasteiger partial charge in [0.25, 0.3) is 0 Å². The number of nitrogens with one attached hydrogen (secondary N) is 1. The predicted octanol–water partition coefficient (Wildman–Crippen LogP) is 0.0522. The molecule has 0 saturated carbocycles. The van der Waals surface area contributed by atoms with Gasteiger partial charge in [-0.15, -0.1) is 0 Å². The van der Waals surface area contributed by atoms with Gasteiger partial charge in [-0.2, -0.15) is 0 Å². The van der Waals surface area contributed by atoms with Gasteiger partial charge in [-0.3, -0.25) is 19.2 Å². The van der Waals surface area contributed by atoms with Crippen LogP contribution < -0.4 is 5.32 Å². The minimum atomic E-state index is -1.50. The number of amides is 1. The molecule has 176 valence electrons. The Morgan fingerprint density at radius 1 is 1.12 bits per heavy atom. The molecule has 0 saturated heterocycles. The van der Waals surface area contributed by atoms with Gasteiger partial charge in [-0.05, 0) is 11.6 Å². The summed E-state index contributed by atoms with van der Waals surface area (Å²) < 4.78 is 25.6. The van der Waals surface area contributed by atoms with Crippen molar-refractivity contribution in [2.45, 2.75) is 58.1 Å². The van der Waals surface area contributed by atoms with Crippen LogP contribution in [0.5, 0.6) is 0 Å². The zero-order valence-electron chi connectivity index (χ0n) is 18.1. The number of nitrogens with zero attached hydrogens (tertiary/aromatic N) is 3. The van der Waals surface area contributed by atoms with Gasteiger partial charge in [0.1, 0.15) is 6.61 Å². The first-order chi connectivity index (χ1) is 15.0. The van der Waals surface area contributed by atoms with Gasteiger partial charge in [0.05, 0.1) is 19.2 Å². The van der Waals surface area contributed by atoms with Crippen LogP contribution in [0.3, 0.4) is 0 Å². The van der Waals surface area contributed by atoms with E-state index in [1.807, 2.05) is 0 Å².